The van der Waals surface area contributed by atoms with Crippen LogP contribution >= 0.6 is 23.2 Å². The molecule has 10 heteroatoms. The van der Waals surface area contributed by atoms with Crippen molar-refractivity contribution >= 4 is 39.2 Å². The summed E-state index contributed by atoms with van der Waals surface area (Å²) in [7, 11) is -3.73. The zero-order valence-corrected chi connectivity index (χ0v) is 19.3. The van der Waals surface area contributed by atoms with E-state index < -0.39 is 21.8 Å². The van der Waals surface area contributed by atoms with Gasteiger partial charge in [0.15, 0.2) is 0 Å². The van der Waals surface area contributed by atoms with E-state index in [1.165, 1.54) is 34.6 Å². The number of aromatic carboxylic acids is 1. The predicted molar refractivity (Wildman–Crippen MR) is 118 cm³/mol. The molecule has 0 amide bonds. The molecule has 2 saturated heterocycles. The van der Waals surface area contributed by atoms with Crippen LogP contribution in [0.4, 0.5) is 4.39 Å². The largest absolute Gasteiger partial charge is 0.478 e. The molecule has 32 heavy (non-hydrogen) atoms. The summed E-state index contributed by atoms with van der Waals surface area (Å²) < 4.78 is 42.2. The van der Waals surface area contributed by atoms with E-state index in [2.05, 4.69) is 4.90 Å². The second kappa shape index (κ2) is 7.95. The Bertz CT molecular complexity index is 1200. The number of hydrogen-bond acceptors (Lipinski definition) is 4. The summed E-state index contributed by atoms with van der Waals surface area (Å²) in [5.74, 6) is -1.73. The highest BCUT2D eigenvalue weighted by Gasteiger charge is 2.48. The number of piperazine rings is 1. The molecule has 2 aromatic carbocycles. The standard InChI is InChI=1S/C22H21Cl2FN2O4S/c23-14-4-15(24)6-18(5-14)32(30,31)27-11-16-7-17(27)10-26(16)9-13-3-21(25)20(22(28)29)8-19(13)12-1-2-12/h3-6,8,12,16-17H,1-2,7,9-11H2,(H,28,29)/t16-,17-/m0/s1. The molecule has 2 aliphatic heterocycles. The van der Waals surface area contributed by atoms with Gasteiger partial charge >= 0.3 is 5.97 Å². The molecule has 0 aromatic heterocycles. The summed E-state index contributed by atoms with van der Waals surface area (Å²) in [5, 5.41) is 9.79. The third-order valence-electron chi connectivity index (χ3n) is 6.60. The molecule has 2 atom stereocenters. The van der Waals surface area contributed by atoms with E-state index >= 15 is 0 Å². The van der Waals surface area contributed by atoms with Gasteiger partial charge in [0.05, 0.1) is 10.5 Å². The molecule has 2 heterocycles. The van der Waals surface area contributed by atoms with Crippen molar-refractivity contribution in [2.45, 2.75) is 48.7 Å². The van der Waals surface area contributed by atoms with Crippen LogP contribution in [0.3, 0.4) is 0 Å². The highest BCUT2D eigenvalue weighted by atomic mass is 35.5. The van der Waals surface area contributed by atoms with Crippen molar-refractivity contribution < 1.29 is 22.7 Å². The fourth-order valence-electron chi connectivity index (χ4n) is 4.94. The van der Waals surface area contributed by atoms with Crippen LogP contribution in [0.25, 0.3) is 0 Å². The third kappa shape index (κ3) is 3.92. The molecule has 0 radical (unpaired) electrons. The number of rotatable bonds is 6. The minimum absolute atomic E-state index is 0.0127. The van der Waals surface area contributed by atoms with Gasteiger partial charge in [0.2, 0.25) is 10.0 Å². The molecule has 3 fully saturated rings. The van der Waals surface area contributed by atoms with Gasteiger partial charge in [0.1, 0.15) is 5.82 Å². The van der Waals surface area contributed by atoms with E-state index in [4.69, 9.17) is 23.2 Å². The molecule has 1 saturated carbocycles. The minimum atomic E-state index is -3.73. The van der Waals surface area contributed by atoms with Gasteiger partial charge < -0.3 is 5.11 Å². The lowest BCUT2D eigenvalue weighted by molar-refractivity contribution is 0.0691. The van der Waals surface area contributed by atoms with Gasteiger partial charge in [-0.3, -0.25) is 4.90 Å². The van der Waals surface area contributed by atoms with Gasteiger partial charge in [-0.25, -0.2) is 17.6 Å². The number of likely N-dealkylation sites (tertiary alicyclic amines) is 1. The highest BCUT2D eigenvalue weighted by molar-refractivity contribution is 7.89. The van der Waals surface area contributed by atoms with E-state index in [1.807, 2.05) is 0 Å². The summed E-state index contributed by atoms with van der Waals surface area (Å²) in [6.45, 7) is 1.34. The molecule has 2 aromatic rings. The summed E-state index contributed by atoms with van der Waals surface area (Å²) in [5.41, 5.74) is 1.39. The molecule has 0 unspecified atom stereocenters. The Morgan fingerprint density at radius 1 is 1.06 bits per heavy atom. The molecule has 6 nitrogen and oxygen atoms in total. The number of fused-ring (bicyclic) bond motifs is 2. The van der Waals surface area contributed by atoms with Crippen molar-refractivity contribution in [1.29, 1.82) is 0 Å². The summed E-state index contributed by atoms with van der Waals surface area (Å²) >= 11 is 12.0. The first-order chi connectivity index (χ1) is 15.1. The van der Waals surface area contributed by atoms with Crippen LogP contribution in [0.2, 0.25) is 10.0 Å². The Labute approximate surface area is 195 Å². The van der Waals surface area contributed by atoms with E-state index in [1.54, 1.807) is 0 Å². The predicted octanol–water partition coefficient (Wildman–Crippen LogP) is 4.36. The zero-order valence-electron chi connectivity index (χ0n) is 17.0. The summed E-state index contributed by atoms with van der Waals surface area (Å²) in [4.78, 5) is 13.6. The fourth-order valence-corrected chi connectivity index (χ4v) is 7.33. The molecule has 3 aliphatic rings. The number of carbonyl (C=O) groups is 1. The second-order valence-corrected chi connectivity index (χ2v) is 11.5. The van der Waals surface area contributed by atoms with Crippen molar-refractivity contribution in [3.05, 3.63) is 62.9 Å². The third-order valence-corrected chi connectivity index (χ3v) is 8.93. The van der Waals surface area contributed by atoms with Crippen molar-refractivity contribution in [3.8, 4) is 0 Å². The van der Waals surface area contributed by atoms with Crippen LogP contribution in [0, 0.1) is 5.82 Å². The number of halogens is 3. The maximum Gasteiger partial charge on any atom is 0.338 e. The first-order valence-corrected chi connectivity index (χ1v) is 12.6. The normalized spacial score (nSPS) is 23.7. The monoisotopic (exact) mass is 498 g/mol. The van der Waals surface area contributed by atoms with Gasteiger partial charge in [-0.15, -0.1) is 0 Å². The first-order valence-electron chi connectivity index (χ1n) is 10.4. The maximum absolute atomic E-state index is 14.4. The van der Waals surface area contributed by atoms with Gasteiger partial charge in [-0.1, -0.05) is 23.2 Å². The second-order valence-electron chi connectivity index (χ2n) is 8.76. The Morgan fingerprint density at radius 3 is 2.31 bits per heavy atom. The fraction of sp³-hybridized carbons (Fsp3) is 0.409. The number of carboxylic acid groups (broad SMARTS) is 1. The molecule has 5 rings (SSSR count). The average Bonchev–Trinajstić information content (AvgIpc) is 3.35. The molecule has 170 valence electrons. The summed E-state index contributed by atoms with van der Waals surface area (Å²) in [6, 6.07) is 6.94. The lowest BCUT2D eigenvalue weighted by Gasteiger charge is -2.34. The van der Waals surface area contributed by atoms with E-state index in [0.717, 1.165) is 24.0 Å². The SMILES string of the molecule is O=C(O)c1cc(C2CC2)c(CN2C[C@@H]3C[C@H]2CN3S(=O)(=O)c2cc(Cl)cc(Cl)c2)cc1F. The van der Waals surface area contributed by atoms with E-state index in [0.29, 0.717) is 26.1 Å². The number of sulfonamides is 1. The van der Waals surface area contributed by atoms with Crippen LogP contribution in [-0.2, 0) is 16.6 Å². The zero-order chi connectivity index (χ0) is 22.8. The van der Waals surface area contributed by atoms with E-state index in [-0.39, 0.29) is 38.5 Å². The van der Waals surface area contributed by atoms with Gasteiger partial charge in [0.25, 0.3) is 0 Å². The van der Waals surface area contributed by atoms with Gasteiger partial charge in [-0.05, 0) is 66.6 Å². The minimum Gasteiger partial charge on any atom is -0.478 e. The quantitative estimate of drug-likeness (QED) is 0.640. The molecular formula is C22H21Cl2FN2O4S. The van der Waals surface area contributed by atoms with Gasteiger partial charge in [0, 0.05) is 41.8 Å². The molecule has 0 spiro atoms. The number of benzene rings is 2. The Hall–Kier alpha value is -1.71. The van der Waals surface area contributed by atoms with Crippen LogP contribution in [-0.4, -0.2) is 53.9 Å². The van der Waals surface area contributed by atoms with Crippen molar-refractivity contribution in [1.82, 2.24) is 9.21 Å². The van der Waals surface area contributed by atoms with Crippen LogP contribution in [0.15, 0.2) is 35.2 Å². The lowest BCUT2D eigenvalue weighted by atomic mass is 9.98. The Kier molecular flexibility index (Phi) is 5.49. The highest BCUT2D eigenvalue weighted by Crippen LogP contribution is 2.44. The van der Waals surface area contributed by atoms with Crippen molar-refractivity contribution in [3.63, 3.8) is 0 Å². The molecular weight excluding hydrogens is 478 g/mol. The first kappa shape index (κ1) is 22.1. The van der Waals surface area contributed by atoms with Crippen LogP contribution < -0.4 is 0 Å². The lowest BCUT2D eigenvalue weighted by Crippen LogP contribution is -2.48. The van der Waals surface area contributed by atoms with Crippen LogP contribution in [0.5, 0.6) is 0 Å². The number of carboxylic acids is 1. The van der Waals surface area contributed by atoms with Gasteiger partial charge in [-0.2, -0.15) is 4.31 Å². The summed E-state index contributed by atoms with van der Waals surface area (Å²) in [6.07, 6.45) is 2.64. The molecule has 1 aliphatic carbocycles. The number of hydrogen-bond donors (Lipinski definition) is 1. The maximum atomic E-state index is 14.4. The Balaban J connectivity index is 1.36. The average molecular weight is 499 g/mol. The van der Waals surface area contributed by atoms with E-state index in [9.17, 15) is 22.7 Å². The Morgan fingerprint density at radius 2 is 1.75 bits per heavy atom. The topological polar surface area (TPSA) is 77.9 Å². The van der Waals surface area contributed by atoms with Crippen molar-refractivity contribution in [2.75, 3.05) is 13.1 Å². The number of nitrogens with zero attached hydrogens (tertiary/aromatic N) is 2. The molecule has 2 bridgehead atoms. The smallest absolute Gasteiger partial charge is 0.338 e. The molecule has 1 N–H and O–H groups in total. The van der Waals surface area contributed by atoms with Crippen molar-refractivity contribution in [2.24, 2.45) is 0 Å². The van der Waals surface area contributed by atoms with Crippen LogP contribution in [0.1, 0.15) is 46.7 Å².